The second kappa shape index (κ2) is 6.45. The smallest absolute Gasteiger partial charge is 0.223 e. The summed E-state index contributed by atoms with van der Waals surface area (Å²) in [6.07, 6.45) is -1.14. The Hall–Kier alpha value is -1.28. The molecule has 0 saturated heterocycles. The van der Waals surface area contributed by atoms with Crippen LogP contribution in [0.1, 0.15) is 18.1 Å². The Bertz CT molecular complexity index is 437. The van der Waals surface area contributed by atoms with E-state index < -0.39 is 12.0 Å². The molecule has 1 amide bonds. The average molecular weight is 273 g/mol. The lowest BCUT2D eigenvalue weighted by Gasteiger charge is -2.11. The minimum Gasteiger partial charge on any atom is -0.388 e. The molecule has 0 saturated carbocycles. The Balaban J connectivity index is 2.66. The first-order valence-corrected chi connectivity index (χ1v) is 5.56. The summed E-state index contributed by atoms with van der Waals surface area (Å²) < 4.78 is 0. The van der Waals surface area contributed by atoms with Gasteiger partial charge in [-0.1, -0.05) is 23.2 Å². The van der Waals surface area contributed by atoms with E-state index in [4.69, 9.17) is 28.5 Å². The van der Waals surface area contributed by atoms with Crippen molar-refractivity contribution in [3.05, 3.63) is 33.8 Å². The quantitative estimate of drug-likeness (QED) is 0.824. The van der Waals surface area contributed by atoms with Gasteiger partial charge in [-0.2, -0.15) is 5.26 Å². The molecular weight excluding hydrogens is 263 g/mol. The van der Waals surface area contributed by atoms with Gasteiger partial charge in [-0.3, -0.25) is 4.79 Å². The fourth-order valence-electron chi connectivity index (χ4n) is 1.27. The standard InChI is InChI=1S/C11H10Cl2N2O2/c12-8-3-7(4-9(13)5-8)10(16)6-11(17)15-2-1-14/h3-5,10,16H,2,6H2,(H,15,17). The Kier molecular flexibility index (Phi) is 5.23. The highest BCUT2D eigenvalue weighted by Gasteiger charge is 2.13. The Morgan fingerprint density at radius 3 is 2.53 bits per heavy atom. The van der Waals surface area contributed by atoms with Gasteiger partial charge in [0.25, 0.3) is 0 Å². The first-order chi connectivity index (χ1) is 8.02. The van der Waals surface area contributed by atoms with E-state index in [1.54, 1.807) is 6.07 Å². The summed E-state index contributed by atoms with van der Waals surface area (Å²) in [5.41, 5.74) is 0.467. The molecule has 0 aromatic heterocycles. The second-order valence-corrected chi connectivity index (χ2v) is 4.23. The maximum atomic E-state index is 11.3. The highest BCUT2D eigenvalue weighted by atomic mass is 35.5. The van der Waals surface area contributed by atoms with Crippen LogP contribution in [-0.4, -0.2) is 17.6 Å². The molecular formula is C11H10Cl2N2O2. The third kappa shape index (κ3) is 4.61. The Morgan fingerprint density at radius 2 is 2.00 bits per heavy atom. The van der Waals surface area contributed by atoms with Gasteiger partial charge in [0.05, 0.1) is 18.6 Å². The molecule has 0 aliphatic carbocycles. The lowest BCUT2D eigenvalue weighted by molar-refractivity contribution is -0.122. The third-order valence-electron chi connectivity index (χ3n) is 2.01. The highest BCUT2D eigenvalue weighted by molar-refractivity contribution is 6.34. The normalized spacial score (nSPS) is 11.6. The van der Waals surface area contributed by atoms with Crippen LogP contribution in [0, 0.1) is 11.3 Å². The van der Waals surface area contributed by atoms with Crippen molar-refractivity contribution in [2.45, 2.75) is 12.5 Å². The lowest BCUT2D eigenvalue weighted by Crippen LogP contribution is -2.25. The summed E-state index contributed by atoms with van der Waals surface area (Å²) >= 11 is 11.6. The fourth-order valence-corrected chi connectivity index (χ4v) is 1.81. The maximum Gasteiger partial charge on any atom is 0.223 e. The van der Waals surface area contributed by atoms with Gasteiger partial charge in [0.15, 0.2) is 0 Å². The summed E-state index contributed by atoms with van der Waals surface area (Å²) in [6.45, 7) is -0.0815. The molecule has 90 valence electrons. The van der Waals surface area contributed by atoms with Crippen molar-refractivity contribution < 1.29 is 9.90 Å². The molecule has 0 aliphatic heterocycles. The van der Waals surface area contributed by atoms with Gasteiger partial charge >= 0.3 is 0 Å². The number of carbonyl (C=O) groups excluding carboxylic acids is 1. The second-order valence-electron chi connectivity index (χ2n) is 3.36. The zero-order valence-corrected chi connectivity index (χ0v) is 10.3. The first kappa shape index (κ1) is 13.8. The minimum absolute atomic E-state index is 0.0815. The van der Waals surface area contributed by atoms with Crippen molar-refractivity contribution in [3.8, 4) is 6.07 Å². The van der Waals surface area contributed by atoms with Crippen LogP contribution in [0.25, 0.3) is 0 Å². The van der Waals surface area contributed by atoms with Gasteiger partial charge in [0, 0.05) is 10.0 Å². The number of nitrogens with one attached hydrogen (secondary N) is 1. The molecule has 0 bridgehead atoms. The summed E-state index contributed by atoms with van der Waals surface area (Å²) in [7, 11) is 0. The van der Waals surface area contributed by atoms with E-state index >= 15 is 0 Å². The number of nitrogens with zero attached hydrogens (tertiary/aromatic N) is 1. The van der Waals surface area contributed by atoms with E-state index in [1.807, 2.05) is 0 Å². The summed E-state index contributed by atoms with van der Waals surface area (Å²) in [6, 6.07) is 6.39. The van der Waals surface area contributed by atoms with E-state index in [2.05, 4.69) is 5.32 Å². The van der Waals surface area contributed by atoms with Crippen LogP contribution in [0.3, 0.4) is 0 Å². The monoisotopic (exact) mass is 272 g/mol. The average Bonchev–Trinajstić information content (AvgIpc) is 2.25. The topological polar surface area (TPSA) is 73.1 Å². The molecule has 0 heterocycles. The predicted molar refractivity (Wildman–Crippen MR) is 64.7 cm³/mol. The molecule has 17 heavy (non-hydrogen) atoms. The molecule has 2 N–H and O–H groups in total. The molecule has 4 nitrogen and oxygen atoms in total. The van der Waals surface area contributed by atoms with E-state index in [9.17, 15) is 9.90 Å². The molecule has 0 spiro atoms. The van der Waals surface area contributed by atoms with Crippen LogP contribution in [0.4, 0.5) is 0 Å². The van der Waals surface area contributed by atoms with Crippen molar-refractivity contribution >= 4 is 29.1 Å². The van der Waals surface area contributed by atoms with E-state index in [1.165, 1.54) is 18.2 Å². The SMILES string of the molecule is N#CCNC(=O)CC(O)c1cc(Cl)cc(Cl)c1. The van der Waals surface area contributed by atoms with Crippen LogP contribution in [0.5, 0.6) is 0 Å². The zero-order chi connectivity index (χ0) is 12.8. The molecule has 1 aromatic carbocycles. The molecule has 1 atom stereocenters. The minimum atomic E-state index is -0.995. The van der Waals surface area contributed by atoms with E-state index in [0.29, 0.717) is 15.6 Å². The van der Waals surface area contributed by atoms with Crippen LogP contribution in [0.2, 0.25) is 10.0 Å². The van der Waals surface area contributed by atoms with Gasteiger partial charge < -0.3 is 10.4 Å². The lowest BCUT2D eigenvalue weighted by atomic mass is 10.1. The van der Waals surface area contributed by atoms with Crippen LogP contribution >= 0.6 is 23.2 Å². The van der Waals surface area contributed by atoms with Crippen LogP contribution in [0.15, 0.2) is 18.2 Å². The van der Waals surface area contributed by atoms with Crippen LogP contribution in [-0.2, 0) is 4.79 Å². The molecule has 1 rings (SSSR count). The number of halogens is 2. The summed E-state index contributed by atoms with van der Waals surface area (Å²) in [5.74, 6) is -0.407. The van der Waals surface area contributed by atoms with Gasteiger partial charge in [-0.15, -0.1) is 0 Å². The first-order valence-electron chi connectivity index (χ1n) is 4.80. The number of carbonyl (C=O) groups is 1. The van der Waals surface area contributed by atoms with Gasteiger partial charge in [0.1, 0.15) is 6.54 Å². The van der Waals surface area contributed by atoms with Gasteiger partial charge in [-0.05, 0) is 23.8 Å². The largest absolute Gasteiger partial charge is 0.388 e. The Labute approximate surface area is 109 Å². The number of amides is 1. The van der Waals surface area contributed by atoms with Crippen molar-refractivity contribution in [1.82, 2.24) is 5.32 Å². The number of hydrogen-bond acceptors (Lipinski definition) is 3. The zero-order valence-electron chi connectivity index (χ0n) is 8.78. The molecule has 6 heteroatoms. The number of aliphatic hydroxyl groups excluding tert-OH is 1. The van der Waals surface area contributed by atoms with Crippen molar-refractivity contribution in [2.75, 3.05) is 6.54 Å². The van der Waals surface area contributed by atoms with Crippen molar-refractivity contribution in [2.24, 2.45) is 0 Å². The highest BCUT2D eigenvalue weighted by Crippen LogP contribution is 2.25. The maximum absolute atomic E-state index is 11.3. The van der Waals surface area contributed by atoms with E-state index in [0.717, 1.165) is 0 Å². The molecule has 0 aliphatic rings. The molecule has 0 radical (unpaired) electrons. The van der Waals surface area contributed by atoms with Crippen molar-refractivity contribution in [3.63, 3.8) is 0 Å². The molecule has 1 unspecified atom stereocenters. The summed E-state index contributed by atoms with van der Waals surface area (Å²) in [4.78, 5) is 11.3. The van der Waals surface area contributed by atoms with Gasteiger partial charge in [0.2, 0.25) is 5.91 Å². The predicted octanol–water partition coefficient (Wildman–Crippen LogP) is 2.06. The third-order valence-corrected chi connectivity index (χ3v) is 2.45. The number of aliphatic hydroxyl groups is 1. The number of rotatable bonds is 4. The van der Waals surface area contributed by atoms with Crippen LogP contribution < -0.4 is 5.32 Å². The summed E-state index contributed by atoms with van der Waals surface area (Å²) in [5, 5.41) is 21.2. The number of nitriles is 1. The van der Waals surface area contributed by atoms with Crippen molar-refractivity contribution in [1.29, 1.82) is 5.26 Å². The Morgan fingerprint density at radius 1 is 1.41 bits per heavy atom. The molecule has 0 fully saturated rings. The van der Waals surface area contributed by atoms with E-state index in [-0.39, 0.29) is 13.0 Å². The molecule has 1 aromatic rings. The van der Waals surface area contributed by atoms with Gasteiger partial charge in [-0.25, -0.2) is 0 Å². The number of benzene rings is 1. The number of hydrogen-bond donors (Lipinski definition) is 2. The fraction of sp³-hybridized carbons (Fsp3) is 0.273.